The van der Waals surface area contributed by atoms with Crippen molar-refractivity contribution < 1.29 is 5.11 Å². The van der Waals surface area contributed by atoms with Crippen molar-refractivity contribution in [1.29, 1.82) is 0 Å². The molecule has 2 aromatic rings. The minimum absolute atomic E-state index is 0.123. The van der Waals surface area contributed by atoms with Crippen LogP contribution in [-0.2, 0) is 6.61 Å². The molecule has 5 heteroatoms. The molecule has 4 nitrogen and oxygen atoms in total. The Morgan fingerprint density at radius 1 is 1.54 bits per heavy atom. The first-order valence-corrected chi connectivity index (χ1v) is 4.76. The molecule has 2 aromatic heterocycles. The maximum absolute atomic E-state index is 8.91. The summed E-state index contributed by atoms with van der Waals surface area (Å²) < 4.78 is 0. The Balaban J connectivity index is 2.70. The summed E-state index contributed by atoms with van der Waals surface area (Å²) in [6.45, 7) is -0.123. The number of rotatable bonds is 2. The summed E-state index contributed by atoms with van der Waals surface area (Å²) in [5.74, 6) is 1.23. The van der Waals surface area contributed by atoms with Crippen molar-refractivity contribution in [3.63, 3.8) is 0 Å². The highest BCUT2D eigenvalue weighted by Gasteiger charge is 2.05. The zero-order chi connectivity index (χ0) is 9.26. The van der Waals surface area contributed by atoms with Crippen molar-refractivity contribution in [2.75, 3.05) is 12.4 Å². The Labute approximate surface area is 79.3 Å². The minimum Gasteiger partial charge on any atom is -0.388 e. The first kappa shape index (κ1) is 8.40. The summed E-state index contributed by atoms with van der Waals surface area (Å²) in [5.41, 5.74) is 0. The van der Waals surface area contributed by atoms with Gasteiger partial charge in [0.15, 0.2) is 5.82 Å². The van der Waals surface area contributed by atoms with Crippen molar-refractivity contribution >= 4 is 27.4 Å². The van der Waals surface area contributed by atoms with Crippen molar-refractivity contribution in [3.05, 3.63) is 17.3 Å². The molecule has 2 heterocycles. The number of nitrogens with zero attached hydrogens (tertiary/aromatic N) is 2. The predicted octanol–water partition coefficient (Wildman–Crippen LogP) is 1.23. The van der Waals surface area contributed by atoms with Gasteiger partial charge in [-0.2, -0.15) is 0 Å². The van der Waals surface area contributed by atoms with Gasteiger partial charge >= 0.3 is 0 Å². The number of aliphatic hydroxyl groups is 1. The Hall–Kier alpha value is -1.20. The van der Waals surface area contributed by atoms with Crippen LogP contribution in [0, 0.1) is 0 Å². The average molecular weight is 195 g/mol. The second kappa shape index (κ2) is 3.27. The molecule has 0 saturated heterocycles. The van der Waals surface area contributed by atoms with E-state index in [-0.39, 0.29) is 6.61 Å². The van der Waals surface area contributed by atoms with Crippen LogP contribution in [0.15, 0.2) is 11.4 Å². The molecule has 0 unspecified atom stereocenters. The third kappa shape index (κ3) is 1.36. The van der Waals surface area contributed by atoms with Gasteiger partial charge < -0.3 is 10.4 Å². The lowest BCUT2D eigenvalue weighted by Gasteiger charge is -2.02. The second-order valence-corrected chi connectivity index (χ2v) is 3.43. The van der Waals surface area contributed by atoms with E-state index in [9.17, 15) is 0 Å². The molecule has 0 amide bonds. The zero-order valence-corrected chi connectivity index (χ0v) is 7.93. The fourth-order valence-corrected chi connectivity index (χ4v) is 1.94. The number of fused-ring (bicyclic) bond motifs is 1. The van der Waals surface area contributed by atoms with E-state index in [1.165, 1.54) is 0 Å². The van der Waals surface area contributed by atoms with E-state index in [0.29, 0.717) is 5.82 Å². The van der Waals surface area contributed by atoms with E-state index in [4.69, 9.17) is 5.11 Å². The van der Waals surface area contributed by atoms with E-state index in [1.807, 2.05) is 11.4 Å². The lowest BCUT2D eigenvalue weighted by molar-refractivity contribution is 0.272. The number of hydrogen-bond donors (Lipinski definition) is 2. The van der Waals surface area contributed by atoms with Gasteiger partial charge in [-0.15, -0.1) is 11.3 Å². The number of anilines is 1. The maximum atomic E-state index is 8.91. The van der Waals surface area contributed by atoms with Crippen LogP contribution in [0.4, 0.5) is 5.82 Å². The molecule has 0 aliphatic rings. The van der Waals surface area contributed by atoms with Crippen LogP contribution in [0.2, 0.25) is 0 Å². The molecule has 0 fully saturated rings. The SMILES string of the molecule is CNc1nc(CO)nc2sccc12. The highest BCUT2D eigenvalue weighted by molar-refractivity contribution is 7.16. The van der Waals surface area contributed by atoms with Gasteiger partial charge in [0.25, 0.3) is 0 Å². The van der Waals surface area contributed by atoms with Crippen LogP contribution >= 0.6 is 11.3 Å². The van der Waals surface area contributed by atoms with Crippen LogP contribution in [0.1, 0.15) is 5.82 Å². The third-order valence-corrected chi connectivity index (χ3v) is 2.56. The molecular formula is C8H9N3OS. The Kier molecular flexibility index (Phi) is 2.12. The first-order chi connectivity index (χ1) is 6.35. The molecule has 0 saturated carbocycles. The van der Waals surface area contributed by atoms with Crippen LogP contribution in [-0.4, -0.2) is 22.1 Å². The summed E-state index contributed by atoms with van der Waals surface area (Å²) in [7, 11) is 1.81. The molecule has 0 spiro atoms. The summed E-state index contributed by atoms with van der Waals surface area (Å²) >= 11 is 1.54. The van der Waals surface area contributed by atoms with Crippen molar-refractivity contribution in [1.82, 2.24) is 9.97 Å². The van der Waals surface area contributed by atoms with E-state index < -0.39 is 0 Å². The Bertz CT molecular complexity index is 426. The first-order valence-electron chi connectivity index (χ1n) is 3.88. The van der Waals surface area contributed by atoms with Crippen LogP contribution < -0.4 is 5.32 Å². The predicted molar refractivity (Wildman–Crippen MR) is 52.9 cm³/mol. The minimum atomic E-state index is -0.123. The van der Waals surface area contributed by atoms with Gasteiger partial charge in [-0.05, 0) is 11.4 Å². The lowest BCUT2D eigenvalue weighted by Crippen LogP contribution is -1.99. The molecule has 2 rings (SSSR count). The van der Waals surface area contributed by atoms with Gasteiger partial charge in [-0.1, -0.05) is 0 Å². The Morgan fingerprint density at radius 3 is 3.08 bits per heavy atom. The molecular weight excluding hydrogens is 186 g/mol. The highest BCUT2D eigenvalue weighted by atomic mass is 32.1. The van der Waals surface area contributed by atoms with Crippen LogP contribution in [0.3, 0.4) is 0 Å². The van der Waals surface area contributed by atoms with Crippen LogP contribution in [0.25, 0.3) is 10.2 Å². The van der Waals surface area contributed by atoms with Gasteiger partial charge in [0.2, 0.25) is 0 Å². The fourth-order valence-electron chi connectivity index (χ4n) is 1.16. The zero-order valence-electron chi connectivity index (χ0n) is 7.11. The van der Waals surface area contributed by atoms with E-state index in [0.717, 1.165) is 16.0 Å². The molecule has 0 aliphatic carbocycles. The van der Waals surface area contributed by atoms with Crippen molar-refractivity contribution in [3.8, 4) is 0 Å². The van der Waals surface area contributed by atoms with E-state index in [2.05, 4.69) is 15.3 Å². The average Bonchev–Trinajstić information content (AvgIpc) is 2.63. The van der Waals surface area contributed by atoms with Gasteiger partial charge in [0, 0.05) is 7.05 Å². The maximum Gasteiger partial charge on any atom is 0.157 e. The number of aliphatic hydroxyl groups excluding tert-OH is 1. The topological polar surface area (TPSA) is 58.0 Å². The standard InChI is InChI=1S/C8H9N3OS/c1-9-7-5-2-3-13-8(5)11-6(4-12)10-7/h2-3,12H,4H2,1H3,(H,9,10,11). The highest BCUT2D eigenvalue weighted by Crippen LogP contribution is 2.24. The second-order valence-electron chi connectivity index (χ2n) is 2.54. The molecule has 0 atom stereocenters. The molecule has 0 bridgehead atoms. The number of nitrogens with one attached hydrogen (secondary N) is 1. The lowest BCUT2D eigenvalue weighted by atomic mass is 10.4. The molecule has 68 valence electrons. The monoisotopic (exact) mass is 195 g/mol. The molecule has 0 radical (unpaired) electrons. The van der Waals surface area contributed by atoms with Crippen molar-refractivity contribution in [2.24, 2.45) is 0 Å². The Morgan fingerprint density at radius 2 is 2.38 bits per heavy atom. The molecule has 0 aliphatic heterocycles. The number of hydrogen-bond acceptors (Lipinski definition) is 5. The molecule has 13 heavy (non-hydrogen) atoms. The summed E-state index contributed by atoms with van der Waals surface area (Å²) in [6, 6.07) is 1.97. The summed E-state index contributed by atoms with van der Waals surface area (Å²) in [4.78, 5) is 9.23. The molecule has 2 N–H and O–H groups in total. The van der Waals surface area contributed by atoms with E-state index >= 15 is 0 Å². The summed E-state index contributed by atoms with van der Waals surface area (Å²) in [6.07, 6.45) is 0. The van der Waals surface area contributed by atoms with Crippen molar-refractivity contribution in [2.45, 2.75) is 6.61 Å². The largest absolute Gasteiger partial charge is 0.388 e. The normalized spacial score (nSPS) is 10.6. The van der Waals surface area contributed by atoms with Gasteiger partial charge in [0.05, 0.1) is 5.39 Å². The van der Waals surface area contributed by atoms with Gasteiger partial charge in [-0.25, -0.2) is 9.97 Å². The molecule has 0 aromatic carbocycles. The smallest absolute Gasteiger partial charge is 0.157 e. The van der Waals surface area contributed by atoms with Gasteiger partial charge in [-0.3, -0.25) is 0 Å². The number of thiophene rings is 1. The summed E-state index contributed by atoms with van der Waals surface area (Å²) in [5, 5.41) is 14.8. The fraction of sp³-hybridized carbons (Fsp3) is 0.250. The third-order valence-electron chi connectivity index (χ3n) is 1.75. The van der Waals surface area contributed by atoms with Crippen LogP contribution in [0.5, 0.6) is 0 Å². The quantitative estimate of drug-likeness (QED) is 0.756. The van der Waals surface area contributed by atoms with Gasteiger partial charge in [0.1, 0.15) is 17.3 Å². The number of aromatic nitrogens is 2. The van der Waals surface area contributed by atoms with E-state index in [1.54, 1.807) is 18.4 Å².